The zero-order valence-electron chi connectivity index (χ0n) is 11.0. The predicted octanol–water partition coefficient (Wildman–Crippen LogP) is 4.25. The number of furan rings is 1. The number of carbonyl (C=O) groups excluding carboxylic acids is 1. The van der Waals surface area contributed by atoms with Gasteiger partial charge < -0.3 is 9.15 Å². The predicted molar refractivity (Wildman–Crippen MR) is 72.5 cm³/mol. The van der Waals surface area contributed by atoms with Gasteiger partial charge in [-0.2, -0.15) is 0 Å². The molecule has 1 saturated carbocycles. The second-order valence-corrected chi connectivity index (χ2v) is 6.10. The fourth-order valence-corrected chi connectivity index (χ4v) is 3.69. The molecule has 1 aromatic heterocycles. The van der Waals surface area contributed by atoms with E-state index in [1.807, 2.05) is 0 Å². The van der Waals surface area contributed by atoms with Gasteiger partial charge in [-0.15, -0.1) is 0 Å². The highest BCUT2D eigenvalue weighted by molar-refractivity contribution is 6.32. The fourth-order valence-electron chi connectivity index (χ4n) is 3.49. The van der Waals surface area contributed by atoms with Crippen LogP contribution in [0.4, 0.5) is 0 Å². The smallest absolute Gasteiger partial charge is 0.203 e. The molecule has 0 bridgehead atoms. The van der Waals surface area contributed by atoms with E-state index in [9.17, 15) is 4.79 Å². The van der Waals surface area contributed by atoms with Gasteiger partial charge >= 0.3 is 0 Å². The van der Waals surface area contributed by atoms with Crippen LogP contribution in [0.15, 0.2) is 16.7 Å². The molecule has 2 fully saturated rings. The van der Waals surface area contributed by atoms with Crippen molar-refractivity contribution >= 4 is 17.4 Å². The molecule has 1 saturated heterocycles. The first kappa shape index (κ1) is 13.2. The fraction of sp³-hybridized carbons (Fsp3) is 0.667. The summed E-state index contributed by atoms with van der Waals surface area (Å²) >= 11 is 5.91. The minimum atomic E-state index is -0.0486. The van der Waals surface area contributed by atoms with Crippen molar-refractivity contribution in [1.29, 1.82) is 0 Å². The molecule has 2 heterocycles. The number of hydrogen-bond donors (Lipinski definition) is 0. The maximum atomic E-state index is 12.5. The van der Waals surface area contributed by atoms with Gasteiger partial charge in [-0.1, -0.05) is 19.3 Å². The van der Waals surface area contributed by atoms with Gasteiger partial charge in [0.2, 0.25) is 5.22 Å². The van der Waals surface area contributed by atoms with E-state index in [-0.39, 0.29) is 22.5 Å². The SMILES string of the molecule is O=C(c1ccoc1Cl)C1CCOC2(CCCCC2)C1. The summed E-state index contributed by atoms with van der Waals surface area (Å²) in [6.07, 6.45) is 9.02. The molecule has 104 valence electrons. The lowest BCUT2D eigenvalue weighted by Gasteiger charge is -2.43. The average Bonchev–Trinajstić information content (AvgIpc) is 2.85. The summed E-state index contributed by atoms with van der Waals surface area (Å²) < 4.78 is 11.1. The molecule has 1 spiro atoms. The summed E-state index contributed by atoms with van der Waals surface area (Å²) in [4.78, 5) is 12.5. The van der Waals surface area contributed by atoms with Crippen molar-refractivity contribution < 1.29 is 13.9 Å². The van der Waals surface area contributed by atoms with Crippen molar-refractivity contribution in [3.8, 4) is 0 Å². The summed E-state index contributed by atoms with van der Waals surface area (Å²) in [7, 11) is 0. The van der Waals surface area contributed by atoms with Crippen LogP contribution in [0.25, 0.3) is 0 Å². The highest BCUT2D eigenvalue weighted by atomic mass is 35.5. The number of halogens is 1. The quantitative estimate of drug-likeness (QED) is 0.762. The molecule has 19 heavy (non-hydrogen) atoms. The number of rotatable bonds is 2. The minimum absolute atomic E-state index is 0.0296. The third-order valence-electron chi connectivity index (χ3n) is 4.51. The molecule has 0 radical (unpaired) electrons. The Labute approximate surface area is 118 Å². The Hall–Kier alpha value is -0.800. The van der Waals surface area contributed by atoms with E-state index in [0.29, 0.717) is 12.2 Å². The van der Waals surface area contributed by atoms with Crippen molar-refractivity contribution in [1.82, 2.24) is 0 Å². The van der Waals surface area contributed by atoms with Crippen LogP contribution in [0.5, 0.6) is 0 Å². The Morgan fingerprint density at radius 2 is 2.11 bits per heavy atom. The second-order valence-electron chi connectivity index (χ2n) is 5.75. The third kappa shape index (κ3) is 2.59. The number of ketones is 1. The third-order valence-corrected chi connectivity index (χ3v) is 4.80. The summed E-state index contributed by atoms with van der Waals surface area (Å²) in [5.74, 6) is 0.147. The first-order chi connectivity index (χ1) is 9.20. The normalized spacial score (nSPS) is 26.5. The maximum absolute atomic E-state index is 12.5. The molecule has 1 atom stereocenters. The number of Topliss-reactive ketones (excluding diaryl/α,β-unsaturated/α-hetero) is 1. The zero-order chi connectivity index (χ0) is 13.3. The Morgan fingerprint density at radius 1 is 1.32 bits per heavy atom. The molecule has 2 aliphatic rings. The van der Waals surface area contributed by atoms with Gasteiger partial charge in [0, 0.05) is 12.5 Å². The van der Waals surface area contributed by atoms with Crippen molar-refractivity contribution in [2.24, 2.45) is 5.92 Å². The van der Waals surface area contributed by atoms with E-state index in [1.54, 1.807) is 6.07 Å². The highest BCUT2D eigenvalue weighted by Gasteiger charge is 2.41. The lowest BCUT2D eigenvalue weighted by Crippen LogP contribution is -2.43. The van der Waals surface area contributed by atoms with Crippen molar-refractivity contribution in [2.75, 3.05) is 6.61 Å². The van der Waals surface area contributed by atoms with Gasteiger partial charge in [-0.05, 0) is 43.4 Å². The Kier molecular flexibility index (Phi) is 3.68. The van der Waals surface area contributed by atoms with E-state index < -0.39 is 0 Å². The van der Waals surface area contributed by atoms with Crippen molar-refractivity contribution in [3.05, 3.63) is 23.1 Å². The number of ether oxygens (including phenoxy) is 1. The van der Waals surface area contributed by atoms with E-state index in [0.717, 1.165) is 25.7 Å². The van der Waals surface area contributed by atoms with Gasteiger partial charge in [0.1, 0.15) is 0 Å². The monoisotopic (exact) mass is 282 g/mol. The van der Waals surface area contributed by atoms with Gasteiger partial charge in [0.25, 0.3) is 0 Å². The van der Waals surface area contributed by atoms with Gasteiger partial charge in [0.15, 0.2) is 5.78 Å². The highest BCUT2D eigenvalue weighted by Crippen LogP contribution is 2.41. The van der Waals surface area contributed by atoms with Crippen LogP contribution >= 0.6 is 11.6 Å². The summed E-state index contributed by atoms with van der Waals surface area (Å²) in [5.41, 5.74) is 0.479. The van der Waals surface area contributed by atoms with Crippen molar-refractivity contribution in [3.63, 3.8) is 0 Å². The lowest BCUT2D eigenvalue weighted by atomic mass is 9.74. The summed E-state index contributed by atoms with van der Waals surface area (Å²) in [6.45, 7) is 0.686. The molecule has 3 rings (SSSR count). The van der Waals surface area contributed by atoms with Crippen molar-refractivity contribution in [2.45, 2.75) is 50.5 Å². The molecule has 1 aliphatic carbocycles. The molecular formula is C15H19ClO3. The van der Waals surface area contributed by atoms with E-state index in [2.05, 4.69) is 0 Å². The Morgan fingerprint density at radius 3 is 2.79 bits per heavy atom. The van der Waals surface area contributed by atoms with Crippen LogP contribution in [0.2, 0.25) is 5.22 Å². The Balaban J connectivity index is 1.74. The first-order valence-corrected chi connectivity index (χ1v) is 7.49. The van der Waals surface area contributed by atoms with Crippen LogP contribution in [-0.2, 0) is 4.74 Å². The van der Waals surface area contributed by atoms with Crippen LogP contribution < -0.4 is 0 Å². The van der Waals surface area contributed by atoms with Gasteiger partial charge in [-0.3, -0.25) is 4.79 Å². The van der Waals surface area contributed by atoms with Crippen LogP contribution in [0, 0.1) is 5.92 Å². The topological polar surface area (TPSA) is 39.4 Å². The van der Waals surface area contributed by atoms with Gasteiger partial charge in [-0.25, -0.2) is 0 Å². The lowest BCUT2D eigenvalue weighted by molar-refractivity contribution is -0.111. The van der Waals surface area contributed by atoms with Crippen LogP contribution in [-0.4, -0.2) is 18.0 Å². The summed E-state index contributed by atoms with van der Waals surface area (Å²) in [6, 6.07) is 1.67. The van der Waals surface area contributed by atoms with E-state index in [1.165, 1.54) is 25.5 Å². The minimum Gasteiger partial charge on any atom is -0.452 e. The molecule has 1 aliphatic heterocycles. The van der Waals surface area contributed by atoms with E-state index in [4.69, 9.17) is 20.8 Å². The number of carbonyl (C=O) groups is 1. The number of hydrogen-bond acceptors (Lipinski definition) is 3. The first-order valence-electron chi connectivity index (χ1n) is 7.11. The van der Waals surface area contributed by atoms with E-state index >= 15 is 0 Å². The molecule has 0 N–H and O–H groups in total. The maximum Gasteiger partial charge on any atom is 0.203 e. The molecular weight excluding hydrogens is 264 g/mol. The van der Waals surface area contributed by atoms with Crippen LogP contribution in [0.3, 0.4) is 0 Å². The van der Waals surface area contributed by atoms with Crippen LogP contribution in [0.1, 0.15) is 55.3 Å². The standard InChI is InChI=1S/C15H19ClO3/c16-14-12(5-8-18-14)13(17)11-4-9-19-15(10-11)6-2-1-3-7-15/h5,8,11H,1-4,6-7,9-10H2. The molecule has 0 amide bonds. The summed E-state index contributed by atoms with van der Waals surface area (Å²) in [5, 5.41) is 0.217. The Bertz CT molecular complexity index is 454. The molecule has 1 unspecified atom stereocenters. The molecule has 1 aromatic rings. The zero-order valence-corrected chi connectivity index (χ0v) is 11.7. The molecule has 3 nitrogen and oxygen atoms in total. The largest absolute Gasteiger partial charge is 0.452 e. The average molecular weight is 283 g/mol. The molecule has 0 aromatic carbocycles. The second kappa shape index (κ2) is 5.29. The van der Waals surface area contributed by atoms with Gasteiger partial charge in [0.05, 0.1) is 17.4 Å². The molecule has 4 heteroatoms.